The summed E-state index contributed by atoms with van der Waals surface area (Å²) < 4.78 is 19.0. The van der Waals surface area contributed by atoms with Gasteiger partial charge in [-0.15, -0.1) is 0 Å². The first kappa shape index (κ1) is 19.5. The Kier molecular flexibility index (Phi) is 5.70. The zero-order valence-corrected chi connectivity index (χ0v) is 15.5. The number of ether oxygens (including phenoxy) is 1. The van der Waals surface area contributed by atoms with Crippen LogP contribution < -0.4 is 4.74 Å². The molecule has 0 fully saturated rings. The van der Waals surface area contributed by atoms with Crippen molar-refractivity contribution in [3.8, 4) is 5.75 Å². The average Bonchev–Trinajstić information content (AvgIpc) is 2.68. The number of benzene rings is 2. The first-order valence-corrected chi connectivity index (χ1v) is 8.73. The molecule has 3 aromatic rings. The topological polar surface area (TPSA) is 79.7 Å². The van der Waals surface area contributed by atoms with E-state index in [0.29, 0.717) is 22.4 Å². The minimum absolute atomic E-state index is 0.109. The van der Waals surface area contributed by atoms with Gasteiger partial charge in [-0.25, -0.2) is 14.2 Å². The second-order valence-electron chi connectivity index (χ2n) is 6.45. The number of pyridine rings is 1. The van der Waals surface area contributed by atoms with Crippen LogP contribution in [0.3, 0.4) is 0 Å². The summed E-state index contributed by atoms with van der Waals surface area (Å²) in [6.45, 7) is 3.48. The van der Waals surface area contributed by atoms with Gasteiger partial charge in [0, 0.05) is 16.8 Å². The molecule has 1 unspecified atom stereocenters. The fourth-order valence-corrected chi connectivity index (χ4v) is 3.12. The van der Waals surface area contributed by atoms with Gasteiger partial charge in [-0.2, -0.15) is 0 Å². The predicted octanol–water partition coefficient (Wildman–Crippen LogP) is 4.20. The predicted molar refractivity (Wildman–Crippen MR) is 102 cm³/mol. The zero-order valence-electron chi connectivity index (χ0n) is 15.5. The Labute approximate surface area is 162 Å². The minimum Gasteiger partial charge on any atom is -0.486 e. The fourth-order valence-electron chi connectivity index (χ4n) is 3.12. The van der Waals surface area contributed by atoms with Crippen molar-refractivity contribution in [2.24, 2.45) is 0 Å². The first-order valence-electron chi connectivity index (χ1n) is 8.73. The Balaban J connectivity index is 2.03. The molecule has 0 saturated heterocycles. The number of aromatic nitrogens is 1. The van der Waals surface area contributed by atoms with Gasteiger partial charge in [-0.3, -0.25) is 0 Å². The molecule has 0 aliphatic carbocycles. The van der Waals surface area contributed by atoms with E-state index in [0.717, 1.165) is 5.56 Å². The Morgan fingerprint density at radius 2 is 1.75 bits per heavy atom. The monoisotopic (exact) mass is 381 g/mol. The van der Waals surface area contributed by atoms with Crippen molar-refractivity contribution >= 4 is 5.97 Å². The van der Waals surface area contributed by atoms with Gasteiger partial charge >= 0.3 is 5.97 Å². The molecule has 0 aliphatic heterocycles. The van der Waals surface area contributed by atoms with E-state index >= 15 is 0 Å². The molecule has 0 amide bonds. The van der Waals surface area contributed by atoms with Crippen molar-refractivity contribution in [3.63, 3.8) is 0 Å². The number of rotatable bonds is 6. The van der Waals surface area contributed by atoms with Crippen LogP contribution in [0.15, 0.2) is 54.6 Å². The number of carboxylic acids is 1. The van der Waals surface area contributed by atoms with Crippen molar-refractivity contribution in [3.05, 3.63) is 94.1 Å². The van der Waals surface area contributed by atoms with Crippen molar-refractivity contribution in [1.82, 2.24) is 4.98 Å². The highest BCUT2D eigenvalue weighted by Gasteiger charge is 2.25. The van der Waals surface area contributed by atoms with Crippen LogP contribution in [-0.4, -0.2) is 21.2 Å². The van der Waals surface area contributed by atoms with E-state index in [2.05, 4.69) is 4.98 Å². The maximum atomic E-state index is 13.2. The second-order valence-corrected chi connectivity index (χ2v) is 6.45. The van der Waals surface area contributed by atoms with Crippen LogP contribution in [-0.2, 0) is 6.61 Å². The molecule has 0 spiro atoms. The minimum atomic E-state index is -1.21. The number of hydrogen-bond donors (Lipinski definition) is 2. The van der Waals surface area contributed by atoms with Crippen molar-refractivity contribution in [2.75, 3.05) is 0 Å². The third kappa shape index (κ3) is 4.02. The number of aromatic carboxylic acids is 1. The maximum Gasteiger partial charge on any atom is 0.358 e. The number of nitrogens with zero attached hydrogens (tertiary/aromatic N) is 1. The smallest absolute Gasteiger partial charge is 0.358 e. The largest absolute Gasteiger partial charge is 0.486 e. The molecule has 0 aliphatic rings. The van der Waals surface area contributed by atoms with E-state index in [4.69, 9.17) is 4.74 Å². The summed E-state index contributed by atoms with van der Waals surface area (Å²) in [6, 6.07) is 14.8. The summed E-state index contributed by atoms with van der Waals surface area (Å²) in [5, 5.41) is 20.4. The molecule has 6 heteroatoms. The van der Waals surface area contributed by atoms with Crippen LogP contribution in [0.5, 0.6) is 5.75 Å². The Morgan fingerprint density at radius 3 is 2.36 bits per heavy atom. The molecule has 3 rings (SSSR count). The Hall–Kier alpha value is -3.25. The number of hydrogen-bond acceptors (Lipinski definition) is 4. The normalized spacial score (nSPS) is 11.9. The van der Waals surface area contributed by atoms with Crippen LogP contribution in [0.4, 0.5) is 4.39 Å². The number of aryl methyl sites for hydroxylation is 1. The van der Waals surface area contributed by atoms with Gasteiger partial charge in [-0.1, -0.05) is 42.5 Å². The number of carboxylic acid groups (broad SMARTS) is 1. The number of aliphatic hydroxyl groups is 1. The first-order chi connectivity index (χ1) is 13.4. The highest BCUT2D eigenvalue weighted by molar-refractivity contribution is 5.89. The summed E-state index contributed by atoms with van der Waals surface area (Å²) in [5.41, 5.74) is 2.45. The zero-order chi connectivity index (χ0) is 20.3. The van der Waals surface area contributed by atoms with Gasteiger partial charge in [0.25, 0.3) is 0 Å². The maximum absolute atomic E-state index is 13.2. The van der Waals surface area contributed by atoms with Gasteiger partial charge < -0.3 is 14.9 Å². The molecule has 144 valence electrons. The van der Waals surface area contributed by atoms with Crippen molar-refractivity contribution in [2.45, 2.75) is 26.6 Å². The summed E-state index contributed by atoms with van der Waals surface area (Å²) in [5.74, 6) is -1.51. The van der Waals surface area contributed by atoms with E-state index in [1.807, 2.05) is 30.3 Å². The van der Waals surface area contributed by atoms with E-state index in [-0.39, 0.29) is 18.1 Å². The molecule has 2 N–H and O–H groups in total. The molecule has 0 bridgehead atoms. The third-order valence-corrected chi connectivity index (χ3v) is 4.52. The summed E-state index contributed by atoms with van der Waals surface area (Å²) in [6.07, 6.45) is -1.09. The quantitative estimate of drug-likeness (QED) is 0.669. The van der Waals surface area contributed by atoms with Gasteiger partial charge in [0.05, 0.1) is 0 Å². The van der Waals surface area contributed by atoms with Crippen LogP contribution in [0.2, 0.25) is 0 Å². The van der Waals surface area contributed by atoms with Gasteiger partial charge in [-0.05, 0) is 37.1 Å². The fraction of sp³-hybridized carbons (Fsp3) is 0.182. The second kappa shape index (κ2) is 8.19. The number of halogens is 1. The van der Waals surface area contributed by atoms with Crippen LogP contribution in [0.1, 0.15) is 44.5 Å². The van der Waals surface area contributed by atoms with Crippen molar-refractivity contribution in [1.29, 1.82) is 0 Å². The number of carbonyl (C=O) groups is 1. The highest BCUT2D eigenvalue weighted by atomic mass is 19.1. The van der Waals surface area contributed by atoms with Crippen molar-refractivity contribution < 1.29 is 24.1 Å². The molecule has 1 aromatic heterocycles. The molecule has 0 saturated carbocycles. The standard InChI is InChI=1S/C22H20FNO4/c1-13-18(20(25)16-8-10-17(23)11-9-16)14(2)24-19(22(26)27)21(13)28-12-15-6-4-3-5-7-15/h3-11,20,25H,12H2,1-2H3,(H,26,27). The third-order valence-electron chi connectivity index (χ3n) is 4.52. The lowest BCUT2D eigenvalue weighted by molar-refractivity contribution is 0.0683. The number of aliphatic hydroxyl groups excluding tert-OH is 1. The molecular weight excluding hydrogens is 361 g/mol. The average molecular weight is 381 g/mol. The Morgan fingerprint density at radius 1 is 1.11 bits per heavy atom. The summed E-state index contributed by atoms with van der Waals surface area (Å²) >= 11 is 0. The summed E-state index contributed by atoms with van der Waals surface area (Å²) in [4.78, 5) is 15.8. The lowest BCUT2D eigenvalue weighted by atomic mass is 9.95. The van der Waals surface area contributed by atoms with Crippen LogP contribution in [0, 0.1) is 19.7 Å². The van der Waals surface area contributed by atoms with E-state index in [9.17, 15) is 19.4 Å². The van der Waals surface area contributed by atoms with Gasteiger partial charge in [0.1, 0.15) is 18.5 Å². The molecule has 0 radical (unpaired) electrons. The van der Waals surface area contributed by atoms with E-state index in [1.54, 1.807) is 13.8 Å². The molecule has 5 nitrogen and oxygen atoms in total. The van der Waals surface area contributed by atoms with E-state index in [1.165, 1.54) is 24.3 Å². The Bertz CT molecular complexity index is 988. The lowest BCUT2D eigenvalue weighted by Crippen LogP contribution is -2.14. The van der Waals surface area contributed by atoms with E-state index < -0.39 is 17.9 Å². The van der Waals surface area contributed by atoms with Gasteiger partial charge in [0.15, 0.2) is 11.4 Å². The molecular formula is C22H20FNO4. The molecule has 2 aromatic carbocycles. The lowest BCUT2D eigenvalue weighted by Gasteiger charge is -2.21. The highest BCUT2D eigenvalue weighted by Crippen LogP contribution is 2.34. The summed E-state index contributed by atoms with van der Waals surface area (Å²) in [7, 11) is 0. The SMILES string of the molecule is Cc1nc(C(=O)O)c(OCc2ccccc2)c(C)c1C(O)c1ccc(F)cc1. The molecule has 28 heavy (non-hydrogen) atoms. The molecule has 1 heterocycles. The van der Waals surface area contributed by atoms with Crippen LogP contribution in [0.25, 0.3) is 0 Å². The van der Waals surface area contributed by atoms with Crippen LogP contribution >= 0.6 is 0 Å². The molecule has 1 atom stereocenters. The van der Waals surface area contributed by atoms with Gasteiger partial charge in [0.2, 0.25) is 0 Å².